The Kier molecular flexibility index (Phi) is 4.40. The molecule has 0 saturated carbocycles. The molecule has 1 aromatic heterocycles. The Hall–Kier alpha value is -3.18. The van der Waals surface area contributed by atoms with Gasteiger partial charge in [-0.1, -0.05) is 42.4 Å². The molecule has 0 amide bonds. The fourth-order valence-corrected chi connectivity index (χ4v) is 3.65. The van der Waals surface area contributed by atoms with Crippen LogP contribution in [0.2, 0.25) is 5.02 Å². The number of nitrogens with zero attached hydrogens (tertiary/aromatic N) is 3. The van der Waals surface area contributed by atoms with E-state index in [1.54, 1.807) is 6.07 Å². The number of nitrogens with one attached hydrogen (secondary N) is 1. The Balaban J connectivity index is 2.08. The highest BCUT2D eigenvalue weighted by Crippen LogP contribution is 2.24. The molecule has 0 aliphatic carbocycles. The molecule has 28 heavy (non-hydrogen) atoms. The number of aromatic amines is 1. The van der Waals surface area contributed by atoms with Gasteiger partial charge in [0.05, 0.1) is 27.0 Å². The zero-order valence-corrected chi connectivity index (χ0v) is 16.8. The molecule has 5 nitrogen and oxygen atoms in total. The number of hydrogen-bond acceptors (Lipinski definition) is 3. The van der Waals surface area contributed by atoms with E-state index in [4.69, 9.17) is 11.6 Å². The second kappa shape index (κ2) is 6.77. The summed E-state index contributed by atoms with van der Waals surface area (Å²) in [5, 5.41) is 5.02. The van der Waals surface area contributed by atoms with Gasteiger partial charge in [-0.3, -0.25) is 9.89 Å². The van der Waals surface area contributed by atoms with Gasteiger partial charge >= 0.3 is 0 Å². The van der Waals surface area contributed by atoms with Crippen LogP contribution in [0.1, 0.15) is 5.56 Å². The van der Waals surface area contributed by atoms with Gasteiger partial charge < -0.3 is 9.80 Å². The SMILES string of the molecule is C=C1C=c2[nH]n(-c3ccccc3Cl)c(=O)c2=C(c2cccc(N(C)C)c2)N1C. The van der Waals surface area contributed by atoms with Crippen LogP contribution in [0.4, 0.5) is 5.69 Å². The van der Waals surface area contributed by atoms with Crippen LogP contribution in [0.15, 0.2) is 65.6 Å². The number of aromatic nitrogens is 2. The van der Waals surface area contributed by atoms with Crippen LogP contribution in [-0.2, 0) is 0 Å². The first kappa shape index (κ1) is 18.2. The van der Waals surface area contributed by atoms with Crippen molar-refractivity contribution >= 4 is 29.1 Å². The van der Waals surface area contributed by atoms with E-state index in [1.165, 1.54) is 4.68 Å². The van der Waals surface area contributed by atoms with Crippen molar-refractivity contribution in [1.29, 1.82) is 0 Å². The summed E-state index contributed by atoms with van der Waals surface area (Å²) in [6.07, 6.45) is 1.88. The highest BCUT2D eigenvalue weighted by molar-refractivity contribution is 6.32. The Bertz CT molecular complexity index is 1270. The molecule has 0 radical (unpaired) electrons. The summed E-state index contributed by atoms with van der Waals surface area (Å²) in [7, 11) is 5.91. The monoisotopic (exact) mass is 392 g/mol. The van der Waals surface area contributed by atoms with Crippen LogP contribution in [0, 0.1) is 0 Å². The summed E-state index contributed by atoms with van der Waals surface area (Å²) in [5.74, 6) is 0. The maximum atomic E-state index is 13.4. The molecule has 3 aromatic rings. The first-order valence-electron chi connectivity index (χ1n) is 8.91. The summed E-state index contributed by atoms with van der Waals surface area (Å²) < 4.78 is 1.49. The number of hydrogen-bond donors (Lipinski definition) is 1. The number of rotatable bonds is 3. The van der Waals surface area contributed by atoms with Crippen molar-refractivity contribution in [1.82, 2.24) is 14.7 Å². The summed E-state index contributed by atoms with van der Waals surface area (Å²) in [6, 6.07) is 15.4. The highest BCUT2D eigenvalue weighted by atomic mass is 35.5. The van der Waals surface area contributed by atoms with Gasteiger partial charge in [0.25, 0.3) is 5.56 Å². The minimum atomic E-state index is -0.149. The van der Waals surface area contributed by atoms with E-state index in [-0.39, 0.29) is 5.56 Å². The molecule has 1 aliphatic heterocycles. The minimum absolute atomic E-state index is 0.149. The topological polar surface area (TPSA) is 44.3 Å². The van der Waals surface area contributed by atoms with Crippen LogP contribution < -0.4 is 21.0 Å². The Morgan fingerprint density at radius 2 is 1.86 bits per heavy atom. The lowest BCUT2D eigenvalue weighted by Gasteiger charge is -2.26. The van der Waals surface area contributed by atoms with Gasteiger partial charge in [-0.15, -0.1) is 0 Å². The summed E-state index contributed by atoms with van der Waals surface area (Å²) in [5.41, 5.74) is 4.09. The van der Waals surface area contributed by atoms with Crippen LogP contribution >= 0.6 is 11.6 Å². The van der Waals surface area contributed by atoms with E-state index in [0.29, 0.717) is 15.9 Å². The number of para-hydroxylation sites is 1. The molecule has 0 fully saturated rings. The van der Waals surface area contributed by atoms with Crippen LogP contribution in [0.25, 0.3) is 17.5 Å². The van der Waals surface area contributed by atoms with E-state index < -0.39 is 0 Å². The second-order valence-electron chi connectivity index (χ2n) is 6.98. The van der Waals surface area contributed by atoms with Gasteiger partial charge in [0.15, 0.2) is 0 Å². The predicted octanol–water partition coefficient (Wildman–Crippen LogP) is 2.28. The predicted molar refractivity (Wildman–Crippen MR) is 115 cm³/mol. The molecule has 0 unspecified atom stereocenters. The van der Waals surface area contributed by atoms with Gasteiger partial charge in [0, 0.05) is 38.1 Å². The summed E-state index contributed by atoms with van der Waals surface area (Å²) in [6.45, 7) is 4.14. The third-order valence-electron chi connectivity index (χ3n) is 4.96. The molecule has 0 bridgehead atoms. The van der Waals surface area contributed by atoms with Crippen molar-refractivity contribution in [2.45, 2.75) is 0 Å². The summed E-state index contributed by atoms with van der Waals surface area (Å²) in [4.78, 5) is 17.4. The fourth-order valence-electron chi connectivity index (χ4n) is 3.43. The van der Waals surface area contributed by atoms with Gasteiger partial charge in [0.2, 0.25) is 0 Å². The van der Waals surface area contributed by atoms with Crippen molar-refractivity contribution in [3.8, 4) is 5.69 Å². The maximum absolute atomic E-state index is 13.4. The smallest absolute Gasteiger partial charge is 0.281 e. The summed E-state index contributed by atoms with van der Waals surface area (Å²) >= 11 is 6.33. The van der Waals surface area contributed by atoms with Crippen molar-refractivity contribution in [2.75, 3.05) is 26.0 Å². The van der Waals surface area contributed by atoms with Crippen LogP contribution in [0.5, 0.6) is 0 Å². The standard InChI is InChI=1S/C22H21ClN4O/c1-14-12-18-20(22(28)27(24-18)19-11-6-5-10-17(19)23)21(26(14)4)15-8-7-9-16(13-15)25(2)3/h5-13,24H,1H2,2-4H3. The first-order chi connectivity index (χ1) is 13.4. The third kappa shape index (κ3) is 2.84. The molecule has 6 heteroatoms. The van der Waals surface area contributed by atoms with Gasteiger partial charge in [-0.05, 0) is 30.3 Å². The average molecular weight is 393 g/mol. The van der Waals surface area contributed by atoms with Gasteiger partial charge in [-0.25, -0.2) is 4.68 Å². The number of anilines is 1. The van der Waals surface area contributed by atoms with Crippen molar-refractivity contribution < 1.29 is 0 Å². The highest BCUT2D eigenvalue weighted by Gasteiger charge is 2.21. The molecule has 2 aromatic carbocycles. The molecule has 0 spiro atoms. The second-order valence-corrected chi connectivity index (χ2v) is 7.39. The number of fused-ring (bicyclic) bond motifs is 1. The molecule has 0 saturated heterocycles. The van der Waals surface area contributed by atoms with E-state index in [1.807, 2.05) is 73.4 Å². The van der Waals surface area contributed by atoms with E-state index in [9.17, 15) is 4.79 Å². The zero-order chi connectivity index (χ0) is 20.0. The normalized spacial score (nSPS) is 13.4. The van der Waals surface area contributed by atoms with Gasteiger partial charge in [0.1, 0.15) is 0 Å². The Morgan fingerprint density at radius 3 is 2.57 bits per heavy atom. The molecular formula is C22H21ClN4O. The van der Waals surface area contributed by atoms with Gasteiger partial charge in [-0.2, -0.15) is 0 Å². The molecular weight excluding hydrogens is 372 g/mol. The van der Waals surface area contributed by atoms with Crippen molar-refractivity contribution in [3.05, 3.63) is 92.3 Å². The van der Waals surface area contributed by atoms with Crippen LogP contribution in [0.3, 0.4) is 0 Å². The number of halogens is 1. The molecule has 142 valence electrons. The molecule has 2 heterocycles. The van der Waals surface area contributed by atoms with E-state index in [2.05, 4.69) is 17.7 Å². The number of benzene rings is 2. The lowest BCUT2D eigenvalue weighted by molar-refractivity contribution is 0.618. The van der Waals surface area contributed by atoms with Crippen molar-refractivity contribution in [3.63, 3.8) is 0 Å². The lowest BCUT2D eigenvalue weighted by atomic mass is 10.1. The molecule has 1 N–H and O–H groups in total. The zero-order valence-electron chi connectivity index (χ0n) is 16.0. The minimum Gasteiger partial charge on any atom is -0.378 e. The van der Waals surface area contributed by atoms with E-state index >= 15 is 0 Å². The number of H-pyrrole nitrogens is 1. The van der Waals surface area contributed by atoms with E-state index in [0.717, 1.165) is 28.0 Å². The van der Waals surface area contributed by atoms with Crippen molar-refractivity contribution in [2.24, 2.45) is 0 Å². The quantitative estimate of drug-likeness (QED) is 0.743. The lowest BCUT2D eigenvalue weighted by Crippen LogP contribution is -2.43. The Morgan fingerprint density at radius 1 is 1.11 bits per heavy atom. The first-order valence-corrected chi connectivity index (χ1v) is 9.28. The number of allylic oxidation sites excluding steroid dienone is 1. The fraction of sp³-hybridized carbons (Fsp3) is 0.136. The largest absolute Gasteiger partial charge is 0.378 e. The molecule has 0 atom stereocenters. The third-order valence-corrected chi connectivity index (χ3v) is 5.28. The molecule has 1 aliphatic rings. The average Bonchev–Trinajstić information content (AvgIpc) is 2.99. The Labute approximate surface area is 168 Å². The maximum Gasteiger partial charge on any atom is 0.281 e. The molecule has 4 rings (SSSR count). The van der Waals surface area contributed by atoms with Crippen LogP contribution in [-0.4, -0.2) is 35.8 Å².